The Morgan fingerprint density at radius 1 is 1.42 bits per heavy atom. The maximum absolute atomic E-state index is 12.6. The molecule has 1 aliphatic heterocycles. The first kappa shape index (κ1) is 13.5. The molecule has 0 radical (unpaired) electrons. The van der Waals surface area contributed by atoms with Crippen LogP contribution in [0.1, 0.15) is 43.6 Å². The van der Waals surface area contributed by atoms with Crippen LogP contribution in [0.5, 0.6) is 0 Å². The first-order chi connectivity index (χ1) is 8.93. The fourth-order valence-corrected chi connectivity index (χ4v) is 2.75. The topological polar surface area (TPSA) is 81.3 Å². The third-order valence-electron chi connectivity index (χ3n) is 3.75. The minimum Gasteiger partial charge on any atom is -0.332 e. The Labute approximate surface area is 111 Å². The second-order valence-corrected chi connectivity index (χ2v) is 5.10. The third-order valence-corrected chi connectivity index (χ3v) is 3.75. The maximum atomic E-state index is 12.6. The summed E-state index contributed by atoms with van der Waals surface area (Å²) < 4.78 is 1.29. The molecule has 0 aromatic carbocycles. The Balaban J connectivity index is 2.38. The smallest absolute Gasteiger partial charge is 0.320 e. The van der Waals surface area contributed by atoms with Gasteiger partial charge in [0.05, 0.1) is 4.92 Å². The Bertz CT molecular complexity index is 501. The van der Waals surface area contributed by atoms with Crippen molar-refractivity contribution in [3.63, 3.8) is 0 Å². The number of piperidine rings is 1. The zero-order valence-electron chi connectivity index (χ0n) is 11.4. The van der Waals surface area contributed by atoms with Gasteiger partial charge in [0.2, 0.25) is 5.69 Å². The average molecular weight is 266 g/mol. The van der Waals surface area contributed by atoms with Crippen molar-refractivity contribution in [3.8, 4) is 0 Å². The van der Waals surface area contributed by atoms with Crippen LogP contribution in [0.25, 0.3) is 0 Å². The van der Waals surface area contributed by atoms with Crippen molar-refractivity contribution in [2.24, 2.45) is 7.05 Å². The number of aryl methyl sites for hydroxylation is 1. The van der Waals surface area contributed by atoms with E-state index in [1.54, 1.807) is 11.9 Å². The van der Waals surface area contributed by atoms with Crippen LogP contribution in [0, 0.1) is 10.1 Å². The van der Waals surface area contributed by atoms with E-state index in [-0.39, 0.29) is 29.4 Å². The van der Waals surface area contributed by atoms with Crippen LogP contribution in [-0.2, 0) is 7.05 Å². The predicted octanol–water partition coefficient (Wildman–Crippen LogP) is 1.73. The highest BCUT2D eigenvalue weighted by Gasteiger charge is 2.35. The fraction of sp³-hybridized carbons (Fsp3) is 0.667. The Morgan fingerprint density at radius 3 is 2.53 bits per heavy atom. The number of nitro groups is 1. The molecule has 2 rings (SSSR count). The summed E-state index contributed by atoms with van der Waals surface area (Å²) in [7, 11) is 1.56. The summed E-state index contributed by atoms with van der Waals surface area (Å²) in [4.78, 5) is 24.7. The zero-order valence-corrected chi connectivity index (χ0v) is 11.4. The van der Waals surface area contributed by atoms with E-state index in [1.807, 2.05) is 13.8 Å². The van der Waals surface area contributed by atoms with Gasteiger partial charge in [0.15, 0.2) is 0 Å². The Morgan fingerprint density at radius 2 is 2.00 bits per heavy atom. The van der Waals surface area contributed by atoms with E-state index >= 15 is 0 Å². The number of carbonyl (C=O) groups excluding carboxylic acids is 1. The van der Waals surface area contributed by atoms with E-state index in [1.165, 1.54) is 4.68 Å². The molecule has 0 N–H and O–H groups in total. The number of carbonyl (C=O) groups is 1. The summed E-state index contributed by atoms with van der Waals surface area (Å²) in [6.07, 6.45) is 4.08. The van der Waals surface area contributed by atoms with Gasteiger partial charge in [-0.15, -0.1) is 0 Å². The van der Waals surface area contributed by atoms with Crippen molar-refractivity contribution >= 4 is 11.6 Å². The number of hydrogen-bond acceptors (Lipinski definition) is 4. The largest absolute Gasteiger partial charge is 0.332 e. The van der Waals surface area contributed by atoms with E-state index in [9.17, 15) is 14.9 Å². The summed E-state index contributed by atoms with van der Waals surface area (Å²) in [6, 6.07) is 0.205. The summed E-state index contributed by atoms with van der Waals surface area (Å²) in [6.45, 7) is 3.96. The number of rotatable bonds is 2. The molecule has 0 saturated carbocycles. The van der Waals surface area contributed by atoms with Gasteiger partial charge < -0.3 is 4.90 Å². The van der Waals surface area contributed by atoms with E-state index in [2.05, 4.69) is 5.10 Å². The summed E-state index contributed by atoms with van der Waals surface area (Å²) >= 11 is 0. The molecule has 0 aliphatic carbocycles. The normalized spacial score (nSPS) is 23.4. The van der Waals surface area contributed by atoms with Crippen LogP contribution in [0.2, 0.25) is 0 Å². The van der Waals surface area contributed by atoms with Crippen LogP contribution >= 0.6 is 0 Å². The Kier molecular flexibility index (Phi) is 3.55. The maximum Gasteiger partial charge on any atom is 0.320 e. The highest BCUT2D eigenvalue weighted by molar-refractivity contribution is 5.96. The van der Waals surface area contributed by atoms with Gasteiger partial charge in [-0.05, 0) is 33.1 Å². The Hall–Kier alpha value is -1.92. The van der Waals surface area contributed by atoms with Gasteiger partial charge in [0.1, 0.15) is 6.20 Å². The quantitative estimate of drug-likeness (QED) is 0.603. The van der Waals surface area contributed by atoms with Gasteiger partial charge in [-0.1, -0.05) is 0 Å². The first-order valence-corrected chi connectivity index (χ1v) is 6.42. The van der Waals surface area contributed by atoms with Crippen molar-refractivity contribution < 1.29 is 9.72 Å². The van der Waals surface area contributed by atoms with Gasteiger partial charge in [-0.25, -0.2) is 0 Å². The predicted molar refractivity (Wildman–Crippen MR) is 68.8 cm³/mol. The molecular formula is C12H18N4O3. The zero-order chi connectivity index (χ0) is 14.2. The van der Waals surface area contributed by atoms with Crippen molar-refractivity contribution in [1.29, 1.82) is 0 Å². The average Bonchev–Trinajstić information content (AvgIpc) is 2.70. The molecule has 1 saturated heterocycles. The molecule has 7 nitrogen and oxygen atoms in total. The highest BCUT2D eigenvalue weighted by atomic mass is 16.6. The molecule has 2 atom stereocenters. The molecule has 0 unspecified atom stereocenters. The molecule has 1 aliphatic rings. The van der Waals surface area contributed by atoms with Crippen LogP contribution in [0.4, 0.5) is 5.69 Å². The van der Waals surface area contributed by atoms with Crippen LogP contribution < -0.4 is 0 Å². The molecule has 0 bridgehead atoms. The molecular weight excluding hydrogens is 248 g/mol. The van der Waals surface area contributed by atoms with Crippen molar-refractivity contribution in [3.05, 3.63) is 22.0 Å². The number of nitrogens with zero attached hydrogens (tertiary/aromatic N) is 4. The van der Waals surface area contributed by atoms with Gasteiger partial charge in [0, 0.05) is 19.1 Å². The lowest BCUT2D eigenvalue weighted by Gasteiger charge is -2.38. The molecule has 1 fully saturated rings. The summed E-state index contributed by atoms with van der Waals surface area (Å²) in [5, 5.41) is 14.8. The summed E-state index contributed by atoms with van der Waals surface area (Å²) in [5.74, 6) is -0.300. The van der Waals surface area contributed by atoms with Gasteiger partial charge in [-0.3, -0.25) is 19.6 Å². The number of aromatic nitrogens is 2. The lowest BCUT2D eigenvalue weighted by Crippen LogP contribution is -2.48. The third kappa shape index (κ3) is 2.32. The summed E-state index contributed by atoms with van der Waals surface area (Å²) in [5.41, 5.74) is -0.164. The molecule has 1 aromatic heterocycles. The minimum atomic E-state index is -0.556. The standard InChI is InChI=1S/C12H18N4O3/c1-8-5-4-6-9(2)15(8)12(17)11-10(16(18)19)7-13-14(11)3/h7-9H,4-6H2,1-3H3/t8-,9+. The van der Waals surface area contributed by atoms with E-state index < -0.39 is 4.92 Å². The van der Waals surface area contributed by atoms with Crippen molar-refractivity contribution in [1.82, 2.24) is 14.7 Å². The number of likely N-dealkylation sites (tertiary alicyclic amines) is 1. The van der Waals surface area contributed by atoms with Crippen LogP contribution in [-0.4, -0.2) is 37.6 Å². The van der Waals surface area contributed by atoms with Crippen molar-refractivity contribution in [2.45, 2.75) is 45.2 Å². The van der Waals surface area contributed by atoms with E-state index in [4.69, 9.17) is 0 Å². The van der Waals surface area contributed by atoms with E-state index in [0.717, 1.165) is 25.5 Å². The van der Waals surface area contributed by atoms with Crippen LogP contribution in [0.3, 0.4) is 0 Å². The molecule has 104 valence electrons. The lowest BCUT2D eigenvalue weighted by molar-refractivity contribution is -0.385. The SMILES string of the molecule is C[C@@H]1CCC[C@H](C)N1C(=O)c1c([N+](=O)[O-])cnn1C. The molecule has 19 heavy (non-hydrogen) atoms. The van der Waals surface area contributed by atoms with Crippen LogP contribution in [0.15, 0.2) is 6.20 Å². The first-order valence-electron chi connectivity index (χ1n) is 6.42. The second kappa shape index (κ2) is 4.99. The fourth-order valence-electron chi connectivity index (χ4n) is 2.75. The highest BCUT2D eigenvalue weighted by Crippen LogP contribution is 2.27. The number of amides is 1. The molecule has 0 spiro atoms. The van der Waals surface area contributed by atoms with Crippen molar-refractivity contribution in [2.75, 3.05) is 0 Å². The lowest BCUT2D eigenvalue weighted by atomic mass is 9.97. The van der Waals surface area contributed by atoms with Gasteiger partial charge in [0.25, 0.3) is 5.91 Å². The number of hydrogen-bond donors (Lipinski definition) is 0. The molecule has 1 amide bonds. The molecule has 7 heteroatoms. The van der Waals surface area contributed by atoms with Gasteiger partial charge in [-0.2, -0.15) is 5.10 Å². The second-order valence-electron chi connectivity index (χ2n) is 5.10. The molecule has 1 aromatic rings. The monoisotopic (exact) mass is 266 g/mol. The minimum absolute atomic E-state index is 0.0607. The molecule has 2 heterocycles. The van der Waals surface area contributed by atoms with Gasteiger partial charge >= 0.3 is 5.69 Å². The van der Waals surface area contributed by atoms with E-state index in [0.29, 0.717) is 0 Å².